The fourth-order valence-corrected chi connectivity index (χ4v) is 2.12. The number of aliphatic hydroxyl groups is 1. The molecule has 1 atom stereocenters. The van der Waals surface area contributed by atoms with Crippen molar-refractivity contribution in [2.24, 2.45) is 0 Å². The van der Waals surface area contributed by atoms with Crippen molar-refractivity contribution >= 4 is 5.95 Å². The van der Waals surface area contributed by atoms with Crippen molar-refractivity contribution in [2.45, 2.75) is 18.6 Å². The summed E-state index contributed by atoms with van der Waals surface area (Å²) in [6.07, 6.45) is -9.28. The molecule has 30 heavy (non-hydrogen) atoms. The molecule has 0 fully saturated rings. The number of rotatable bonds is 10. The third-order valence-electron chi connectivity index (χ3n) is 3.41. The predicted octanol–water partition coefficient (Wildman–Crippen LogP) is 2.84. The summed E-state index contributed by atoms with van der Waals surface area (Å²) < 4.78 is 82.9. The Morgan fingerprint density at radius 2 is 1.63 bits per heavy atom. The fraction of sp³-hybridized carbons (Fsp3) is 0.412. The second-order valence-corrected chi connectivity index (χ2v) is 5.88. The summed E-state index contributed by atoms with van der Waals surface area (Å²) in [5.74, 6) is -0.324. The largest absolute Gasteiger partial charge is 0.573 e. The van der Waals surface area contributed by atoms with Crippen LogP contribution >= 0.6 is 0 Å². The first-order valence-corrected chi connectivity index (χ1v) is 8.54. The van der Waals surface area contributed by atoms with Gasteiger partial charge in [0.25, 0.3) is 0 Å². The van der Waals surface area contributed by atoms with Gasteiger partial charge in [0.1, 0.15) is 29.9 Å². The van der Waals surface area contributed by atoms with Gasteiger partial charge in [0.15, 0.2) is 0 Å². The smallest absolute Gasteiger partial charge is 0.491 e. The second kappa shape index (κ2) is 10.3. The summed E-state index contributed by atoms with van der Waals surface area (Å²) in [6.45, 7) is 0.479. The molecule has 1 aromatic carbocycles. The summed E-state index contributed by atoms with van der Waals surface area (Å²) in [5, 5.41) is 15.3. The Labute approximate surface area is 167 Å². The maximum atomic E-state index is 12.6. The Hall–Kier alpha value is -2.80. The first-order valence-electron chi connectivity index (χ1n) is 8.54. The van der Waals surface area contributed by atoms with Crippen LogP contribution in [0.4, 0.5) is 32.3 Å². The van der Waals surface area contributed by atoms with E-state index in [0.717, 1.165) is 24.4 Å². The van der Waals surface area contributed by atoms with Crippen LogP contribution < -0.4 is 20.1 Å². The van der Waals surface area contributed by atoms with Crippen molar-refractivity contribution < 1.29 is 40.9 Å². The minimum atomic E-state index is -4.79. The average Bonchev–Trinajstić information content (AvgIpc) is 2.65. The Morgan fingerprint density at radius 1 is 0.967 bits per heavy atom. The molecule has 7 nitrogen and oxygen atoms in total. The van der Waals surface area contributed by atoms with Gasteiger partial charge in [-0.15, -0.1) is 13.2 Å². The van der Waals surface area contributed by atoms with Crippen LogP contribution in [0.25, 0.3) is 0 Å². The molecule has 0 saturated heterocycles. The van der Waals surface area contributed by atoms with E-state index < -0.39 is 30.1 Å². The molecule has 0 spiro atoms. The van der Waals surface area contributed by atoms with E-state index in [1.54, 1.807) is 0 Å². The van der Waals surface area contributed by atoms with Gasteiger partial charge in [0, 0.05) is 25.8 Å². The van der Waals surface area contributed by atoms with E-state index in [0.29, 0.717) is 6.54 Å². The summed E-state index contributed by atoms with van der Waals surface area (Å²) in [6, 6.07) is 5.45. The van der Waals surface area contributed by atoms with Gasteiger partial charge in [-0.2, -0.15) is 13.2 Å². The topological polar surface area (TPSA) is 88.5 Å². The highest BCUT2D eigenvalue weighted by molar-refractivity contribution is 5.31. The zero-order chi connectivity index (χ0) is 22.2. The van der Waals surface area contributed by atoms with Crippen molar-refractivity contribution in [2.75, 3.05) is 31.6 Å². The van der Waals surface area contributed by atoms with Crippen LogP contribution in [0.5, 0.6) is 11.5 Å². The van der Waals surface area contributed by atoms with Crippen LogP contribution in [-0.2, 0) is 6.18 Å². The number of hydrogen-bond acceptors (Lipinski definition) is 7. The number of anilines is 1. The first kappa shape index (κ1) is 23.5. The maximum absolute atomic E-state index is 12.6. The molecule has 13 heteroatoms. The van der Waals surface area contributed by atoms with E-state index in [1.807, 2.05) is 0 Å². The molecule has 0 aliphatic heterocycles. The van der Waals surface area contributed by atoms with Crippen LogP contribution in [0.1, 0.15) is 5.69 Å². The zero-order valence-corrected chi connectivity index (χ0v) is 15.3. The van der Waals surface area contributed by atoms with Crippen LogP contribution in [0.3, 0.4) is 0 Å². The van der Waals surface area contributed by atoms with Crippen molar-refractivity contribution in [1.82, 2.24) is 15.3 Å². The van der Waals surface area contributed by atoms with Crippen LogP contribution in [0.15, 0.2) is 36.5 Å². The lowest BCUT2D eigenvalue weighted by Gasteiger charge is -2.14. The lowest BCUT2D eigenvalue weighted by Crippen LogP contribution is -2.34. The highest BCUT2D eigenvalue weighted by atomic mass is 19.4. The first-order chi connectivity index (χ1) is 14.0. The fourth-order valence-electron chi connectivity index (χ4n) is 2.12. The molecule has 0 bridgehead atoms. The Bertz CT molecular complexity index is 786. The molecule has 0 saturated carbocycles. The molecular formula is C17H18F6N4O3. The minimum absolute atomic E-state index is 0.112. The molecular weight excluding hydrogens is 422 g/mol. The number of nitrogens with one attached hydrogen (secondary N) is 2. The van der Waals surface area contributed by atoms with Crippen molar-refractivity contribution in [3.05, 3.63) is 42.2 Å². The molecule has 3 N–H and O–H groups in total. The number of nitrogens with zero attached hydrogens (tertiary/aromatic N) is 2. The van der Waals surface area contributed by atoms with Gasteiger partial charge in [0.2, 0.25) is 5.95 Å². The summed E-state index contributed by atoms with van der Waals surface area (Å²) in [7, 11) is 0. The van der Waals surface area contributed by atoms with Gasteiger partial charge in [-0.25, -0.2) is 9.97 Å². The van der Waals surface area contributed by atoms with Gasteiger partial charge < -0.3 is 25.2 Å². The molecule has 0 radical (unpaired) electrons. The molecule has 0 unspecified atom stereocenters. The summed E-state index contributed by atoms with van der Waals surface area (Å²) in [5.41, 5.74) is -1.06. The monoisotopic (exact) mass is 440 g/mol. The van der Waals surface area contributed by atoms with Crippen molar-refractivity contribution in [1.29, 1.82) is 0 Å². The summed E-state index contributed by atoms with van der Waals surface area (Å²) in [4.78, 5) is 7.03. The Morgan fingerprint density at radius 3 is 2.27 bits per heavy atom. The van der Waals surface area contributed by atoms with Crippen molar-refractivity contribution in [3.63, 3.8) is 0 Å². The van der Waals surface area contributed by atoms with E-state index >= 15 is 0 Å². The Balaban J connectivity index is 1.63. The van der Waals surface area contributed by atoms with Gasteiger partial charge in [-0.1, -0.05) is 0 Å². The number of halogens is 6. The third kappa shape index (κ3) is 8.69. The van der Waals surface area contributed by atoms with E-state index in [2.05, 4.69) is 25.3 Å². The zero-order valence-electron chi connectivity index (χ0n) is 15.3. The molecule has 166 valence electrons. The molecule has 1 heterocycles. The standard InChI is InChI=1S/C17H18F6N4O3/c18-16(19,20)14-5-6-25-15(27-14)26-8-7-24-9-11(28)10-29-12-1-3-13(4-2-12)30-17(21,22)23/h1-6,11,24,28H,7-10H2,(H,25,26,27)/t11-/m0/s1. The predicted molar refractivity (Wildman–Crippen MR) is 93.0 cm³/mol. The minimum Gasteiger partial charge on any atom is -0.491 e. The van der Waals surface area contributed by atoms with Crippen molar-refractivity contribution in [3.8, 4) is 11.5 Å². The number of aromatic nitrogens is 2. The van der Waals surface area contributed by atoms with Crippen LogP contribution in [0, 0.1) is 0 Å². The number of aliphatic hydroxyl groups excluding tert-OH is 1. The van der Waals surface area contributed by atoms with E-state index in [9.17, 15) is 31.4 Å². The van der Waals surface area contributed by atoms with E-state index in [1.165, 1.54) is 12.1 Å². The molecule has 2 aromatic rings. The second-order valence-electron chi connectivity index (χ2n) is 5.88. The van der Waals surface area contributed by atoms with E-state index in [-0.39, 0.29) is 31.4 Å². The van der Waals surface area contributed by atoms with Gasteiger partial charge in [-0.3, -0.25) is 0 Å². The third-order valence-corrected chi connectivity index (χ3v) is 3.41. The molecule has 1 aromatic heterocycles. The van der Waals surface area contributed by atoms with Gasteiger partial charge in [-0.05, 0) is 30.3 Å². The van der Waals surface area contributed by atoms with Crippen LogP contribution in [0.2, 0.25) is 0 Å². The molecule has 2 rings (SSSR count). The normalized spacial score (nSPS) is 13.0. The number of ether oxygens (including phenoxy) is 2. The quantitative estimate of drug-likeness (QED) is 0.387. The highest BCUT2D eigenvalue weighted by Gasteiger charge is 2.33. The van der Waals surface area contributed by atoms with E-state index in [4.69, 9.17) is 4.74 Å². The maximum Gasteiger partial charge on any atom is 0.573 e. The Kier molecular flexibility index (Phi) is 8.06. The number of benzene rings is 1. The molecule has 0 aliphatic carbocycles. The van der Waals surface area contributed by atoms with Gasteiger partial charge in [0.05, 0.1) is 0 Å². The average molecular weight is 440 g/mol. The summed E-state index contributed by atoms with van der Waals surface area (Å²) >= 11 is 0. The molecule has 0 aliphatic rings. The number of alkyl halides is 6. The lowest BCUT2D eigenvalue weighted by molar-refractivity contribution is -0.274. The van der Waals surface area contributed by atoms with Crippen LogP contribution in [-0.4, -0.2) is 53.8 Å². The molecule has 0 amide bonds. The van der Waals surface area contributed by atoms with Gasteiger partial charge >= 0.3 is 12.5 Å². The number of hydrogen-bond donors (Lipinski definition) is 3. The highest BCUT2D eigenvalue weighted by Crippen LogP contribution is 2.27. The SMILES string of the molecule is O[C@@H](CNCCNc1nccc(C(F)(F)F)n1)COc1ccc(OC(F)(F)F)cc1. The lowest BCUT2D eigenvalue weighted by atomic mass is 10.3.